The average Bonchev–Trinajstić information content (AvgIpc) is 3.11. The second kappa shape index (κ2) is 7.17. The molecule has 5 nitrogen and oxygen atoms in total. The molecule has 0 atom stereocenters. The van der Waals surface area contributed by atoms with Gasteiger partial charge in [-0.05, 0) is 36.4 Å². The van der Waals surface area contributed by atoms with Crippen molar-refractivity contribution in [3.63, 3.8) is 0 Å². The number of aromatic nitrogens is 3. The normalized spacial score (nSPS) is 10.9. The molecule has 7 heteroatoms. The fraction of sp³-hybridized carbons (Fsp3) is 0.0500. The van der Waals surface area contributed by atoms with Crippen molar-refractivity contribution in [1.82, 2.24) is 19.9 Å². The number of fused-ring (bicyclic) bond motifs is 1. The van der Waals surface area contributed by atoms with Crippen LogP contribution in [0, 0.1) is 5.82 Å². The molecule has 2 aromatic carbocycles. The Morgan fingerprint density at radius 1 is 1.11 bits per heavy atom. The highest BCUT2D eigenvalue weighted by molar-refractivity contribution is 6.32. The van der Waals surface area contributed by atoms with Crippen molar-refractivity contribution in [2.45, 2.75) is 6.54 Å². The van der Waals surface area contributed by atoms with Crippen LogP contribution in [0.1, 0.15) is 15.9 Å². The number of hydrogen-bond donors (Lipinski definition) is 1. The fourth-order valence-corrected chi connectivity index (χ4v) is 2.99. The zero-order valence-electron chi connectivity index (χ0n) is 14.1. The van der Waals surface area contributed by atoms with E-state index < -0.39 is 0 Å². The van der Waals surface area contributed by atoms with Crippen molar-refractivity contribution in [2.24, 2.45) is 0 Å². The van der Waals surface area contributed by atoms with Crippen molar-refractivity contribution >= 4 is 28.7 Å². The molecule has 0 fully saturated rings. The predicted octanol–water partition coefficient (Wildman–Crippen LogP) is 4.14. The molecule has 2 aromatic heterocycles. The van der Waals surface area contributed by atoms with Crippen molar-refractivity contribution in [2.75, 3.05) is 0 Å². The van der Waals surface area contributed by atoms with Crippen LogP contribution in [0.15, 0.2) is 67.1 Å². The standard InChI is InChI=1S/C20H14ClFN4O/c21-15-8-7-13(20(27)24-11-14-4-1-2-5-16(14)22)10-18(15)26-12-25-17-6-3-9-23-19(17)26/h1-10,12H,11H2,(H,24,27). The van der Waals surface area contributed by atoms with Gasteiger partial charge in [0, 0.05) is 23.9 Å². The predicted molar refractivity (Wildman–Crippen MR) is 101 cm³/mol. The lowest BCUT2D eigenvalue weighted by atomic mass is 10.1. The van der Waals surface area contributed by atoms with Gasteiger partial charge in [-0.1, -0.05) is 29.8 Å². The second-order valence-corrected chi connectivity index (χ2v) is 6.31. The van der Waals surface area contributed by atoms with E-state index >= 15 is 0 Å². The van der Waals surface area contributed by atoms with E-state index in [1.54, 1.807) is 59.6 Å². The fourth-order valence-electron chi connectivity index (χ4n) is 2.78. The molecule has 1 N–H and O–H groups in total. The number of carbonyl (C=O) groups excluding carboxylic acids is 1. The number of nitrogens with zero attached hydrogens (tertiary/aromatic N) is 3. The SMILES string of the molecule is O=C(NCc1ccccc1F)c1ccc(Cl)c(-n2cnc3cccnc32)c1. The van der Waals surface area contributed by atoms with Gasteiger partial charge in [0.15, 0.2) is 5.65 Å². The molecule has 2 heterocycles. The van der Waals surface area contributed by atoms with Crippen LogP contribution in [-0.4, -0.2) is 20.4 Å². The van der Waals surface area contributed by atoms with E-state index in [0.29, 0.717) is 27.5 Å². The van der Waals surface area contributed by atoms with Gasteiger partial charge in [-0.3, -0.25) is 9.36 Å². The largest absolute Gasteiger partial charge is 0.348 e. The van der Waals surface area contributed by atoms with Crippen LogP contribution in [0.3, 0.4) is 0 Å². The molecule has 0 aliphatic heterocycles. The van der Waals surface area contributed by atoms with E-state index in [2.05, 4.69) is 15.3 Å². The van der Waals surface area contributed by atoms with Crippen LogP contribution in [0.5, 0.6) is 0 Å². The number of amides is 1. The van der Waals surface area contributed by atoms with Gasteiger partial charge in [0.25, 0.3) is 5.91 Å². The summed E-state index contributed by atoms with van der Waals surface area (Å²) in [5.74, 6) is -0.681. The number of nitrogens with one attached hydrogen (secondary N) is 1. The Balaban J connectivity index is 1.62. The Kier molecular flexibility index (Phi) is 4.56. The van der Waals surface area contributed by atoms with E-state index in [0.717, 1.165) is 5.52 Å². The number of benzene rings is 2. The summed E-state index contributed by atoms with van der Waals surface area (Å²) in [6.07, 6.45) is 3.28. The van der Waals surface area contributed by atoms with E-state index in [1.807, 2.05) is 6.07 Å². The number of hydrogen-bond acceptors (Lipinski definition) is 3. The molecule has 0 aliphatic rings. The van der Waals surface area contributed by atoms with E-state index in [1.165, 1.54) is 6.07 Å². The van der Waals surface area contributed by atoms with Gasteiger partial charge in [0.1, 0.15) is 17.7 Å². The maximum Gasteiger partial charge on any atom is 0.251 e. The molecule has 0 saturated heterocycles. The van der Waals surface area contributed by atoms with Gasteiger partial charge >= 0.3 is 0 Å². The van der Waals surface area contributed by atoms with Crippen molar-refractivity contribution in [1.29, 1.82) is 0 Å². The third kappa shape index (κ3) is 3.39. The number of halogens is 2. The highest BCUT2D eigenvalue weighted by Crippen LogP contribution is 2.25. The first-order valence-electron chi connectivity index (χ1n) is 8.23. The lowest BCUT2D eigenvalue weighted by Crippen LogP contribution is -2.23. The Morgan fingerprint density at radius 2 is 1.96 bits per heavy atom. The maximum atomic E-state index is 13.7. The molecule has 4 aromatic rings. The lowest BCUT2D eigenvalue weighted by molar-refractivity contribution is 0.0950. The third-order valence-corrected chi connectivity index (χ3v) is 4.49. The van der Waals surface area contributed by atoms with Crippen molar-refractivity contribution in [3.8, 4) is 5.69 Å². The number of imidazole rings is 1. The summed E-state index contributed by atoms with van der Waals surface area (Å²) in [4.78, 5) is 21.1. The summed E-state index contributed by atoms with van der Waals surface area (Å²) in [5, 5.41) is 3.19. The van der Waals surface area contributed by atoms with E-state index in [4.69, 9.17) is 11.6 Å². The Hall–Kier alpha value is -3.25. The van der Waals surface area contributed by atoms with Crippen molar-refractivity contribution in [3.05, 3.63) is 89.1 Å². The molecule has 27 heavy (non-hydrogen) atoms. The minimum Gasteiger partial charge on any atom is -0.348 e. The topological polar surface area (TPSA) is 59.8 Å². The van der Waals surface area contributed by atoms with Crippen LogP contribution >= 0.6 is 11.6 Å². The van der Waals surface area contributed by atoms with E-state index in [9.17, 15) is 9.18 Å². The quantitative estimate of drug-likeness (QED) is 0.578. The van der Waals surface area contributed by atoms with Crippen LogP contribution in [-0.2, 0) is 6.54 Å². The third-order valence-electron chi connectivity index (χ3n) is 4.17. The molecule has 0 radical (unpaired) electrons. The first-order chi connectivity index (χ1) is 13.1. The molecule has 0 bridgehead atoms. The smallest absolute Gasteiger partial charge is 0.251 e. The van der Waals surface area contributed by atoms with Gasteiger partial charge < -0.3 is 5.32 Å². The van der Waals surface area contributed by atoms with Crippen LogP contribution in [0.25, 0.3) is 16.9 Å². The molecule has 4 rings (SSSR count). The molecule has 0 aliphatic carbocycles. The van der Waals surface area contributed by atoms with Crippen LogP contribution < -0.4 is 5.32 Å². The Bertz CT molecular complexity index is 1140. The first-order valence-corrected chi connectivity index (χ1v) is 8.61. The van der Waals surface area contributed by atoms with E-state index in [-0.39, 0.29) is 18.3 Å². The van der Waals surface area contributed by atoms with Crippen LogP contribution in [0.2, 0.25) is 5.02 Å². The summed E-state index contributed by atoms with van der Waals surface area (Å²) in [6.45, 7) is 0.0963. The van der Waals surface area contributed by atoms with Gasteiger partial charge in [0.2, 0.25) is 0 Å². The zero-order valence-corrected chi connectivity index (χ0v) is 14.8. The van der Waals surface area contributed by atoms with Gasteiger partial charge in [-0.2, -0.15) is 0 Å². The van der Waals surface area contributed by atoms with Gasteiger partial charge in [0.05, 0.1) is 10.7 Å². The van der Waals surface area contributed by atoms with Gasteiger partial charge in [-0.15, -0.1) is 0 Å². The zero-order chi connectivity index (χ0) is 18.8. The first kappa shape index (κ1) is 17.2. The highest BCUT2D eigenvalue weighted by Gasteiger charge is 2.13. The molecule has 0 unspecified atom stereocenters. The van der Waals surface area contributed by atoms with Gasteiger partial charge in [-0.25, -0.2) is 14.4 Å². The summed E-state index contributed by atoms with van der Waals surface area (Å²) in [6, 6.07) is 14.9. The van der Waals surface area contributed by atoms with Crippen molar-refractivity contribution < 1.29 is 9.18 Å². The highest BCUT2D eigenvalue weighted by atomic mass is 35.5. The summed E-state index contributed by atoms with van der Waals surface area (Å²) >= 11 is 6.33. The molecule has 134 valence electrons. The number of pyridine rings is 1. The monoisotopic (exact) mass is 380 g/mol. The molecular formula is C20H14ClFN4O. The average molecular weight is 381 g/mol. The Morgan fingerprint density at radius 3 is 2.81 bits per heavy atom. The van der Waals surface area contributed by atoms with Crippen LogP contribution in [0.4, 0.5) is 4.39 Å². The number of carbonyl (C=O) groups is 1. The summed E-state index contributed by atoms with van der Waals surface area (Å²) < 4.78 is 15.4. The molecule has 0 saturated carbocycles. The molecular weight excluding hydrogens is 367 g/mol. The minimum atomic E-state index is -0.356. The maximum absolute atomic E-state index is 13.7. The summed E-state index contributed by atoms with van der Waals surface area (Å²) in [5.41, 5.74) is 2.79. The Labute approximate surface area is 159 Å². The second-order valence-electron chi connectivity index (χ2n) is 5.90. The minimum absolute atomic E-state index is 0.0963. The molecule has 1 amide bonds. The summed E-state index contributed by atoms with van der Waals surface area (Å²) in [7, 11) is 0. The molecule has 0 spiro atoms. The number of rotatable bonds is 4. The lowest BCUT2D eigenvalue weighted by Gasteiger charge is -2.10.